The molecule has 0 fully saturated rings. The third-order valence-corrected chi connectivity index (χ3v) is 1.63. The first-order valence-corrected chi connectivity index (χ1v) is 3.23. The van der Waals surface area contributed by atoms with Crippen LogP contribution in [-0.2, 0) is 0 Å². The summed E-state index contributed by atoms with van der Waals surface area (Å²) in [5, 5.41) is 0. The van der Waals surface area contributed by atoms with Gasteiger partial charge in [0.25, 0.3) is 0 Å². The van der Waals surface area contributed by atoms with E-state index in [1.54, 1.807) is 6.08 Å². The van der Waals surface area contributed by atoms with E-state index in [4.69, 9.17) is 0 Å². The summed E-state index contributed by atoms with van der Waals surface area (Å²) in [7, 11) is 0. The second kappa shape index (κ2) is 2.34. The van der Waals surface area contributed by atoms with Gasteiger partial charge in [-0.2, -0.15) is 0 Å². The Morgan fingerprint density at radius 1 is 1.56 bits per heavy atom. The van der Waals surface area contributed by atoms with Crippen LogP contribution in [0.4, 0.5) is 4.39 Å². The van der Waals surface area contributed by atoms with E-state index >= 15 is 0 Å². The molecular weight excluding hydrogens is 115 g/mol. The van der Waals surface area contributed by atoms with E-state index in [2.05, 4.69) is 0 Å². The Labute approximate surface area is 55.1 Å². The lowest BCUT2D eigenvalue weighted by Gasteiger charge is -2.12. The Kier molecular flexibility index (Phi) is 1.70. The highest BCUT2D eigenvalue weighted by atomic mass is 19.1. The second-order valence-corrected chi connectivity index (χ2v) is 2.67. The van der Waals surface area contributed by atoms with Crippen molar-refractivity contribution in [1.82, 2.24) is 0 Å². The van der Waals surface area contributed by atoms with Gasteiger partial charge in [-0.1, -0.05) is 18.6 Å². The first-order chi connectivity index (χ1) is 4.20. The number of hydrogen-bond acceptors (Lipinski definition) is 0. The van der Waals surface area contributed by atoms with Gasteiger partial charge in [0.2, 0.25) is 0 Å². The monoisotopic (exact) mass is 126 g/mol. The van der Waals surface area contributed by atoms with Crippen molar-refractivity contribution in [3.05, 3.63) is 23.6 Å². The van der Waals surface area contributed by atoms with Gasteiger partial charge in [0, 0.05) is 5.92 Å². The van der Waals surface area contributed by atoms with Crippen LogP contribution in [0.3, 0.4) is 0 Å². The normalized spacial score (nSPS) is 27.2. The van der Waals surface area contributed by atoms with Gasteiger partial charge in [0.1, 0.15) is 5.83 Å². The van der Waals surface area contributed by atoms with Crippen LogP contribution in [0.15, 0.2) is 23.6 Å². The van der Waals surface area contributed by atoms with Gasteiger partial charge < -0.3 is 0 Å². The summed E-state index contributed by atoms with van der Waals surface area (Å²) in [6.45, 7) is 3.93. The fourth-order valence-corrected chi connectivity index (χ4v) is 1.03. The van der Waals surface area contributed by atoms with Crippen molar-refractivity contribution in [2.75, 3.05) is 0 Å². The molecule has 0 saturated heterocycles. The smallest absolute Gasteiger partial charge is 0.103 e. The van der Waals surface area contributed by atoms with Crippen molar-refractivity contribution >= 4 is 0 Å². The third-order valence-electron chi connectivity index (χ3n) is 1.63. The van der Waals surface area contributed by atoms with Crippen molar-refractivity contribution in [2.45, 2.75) is 20.3 Å². The topological polar surface area (TPSA) is 0 Å². The molecule has 0 N–H and O–H groups in total. The minimum Gasteiger partial charge on any atom is -0.212 e. The van der Waals surface area contributed by atoms with E-state index in [1.165, 1.54) is 5.57 Å². The van der Waals surface area contributed by atoms with Crippen LogP contribution in [-0.4, -0.2) is 0 Å². The summed E-state index contributed by atoms with van der Waals surface area (Å²) >= 11 is 0. The summed E-state index contributed by atoms with van der Waals surface area (Å²) in [5.74, 6) is 0.121. The predicted molar refractivity (Wildman–Crippen MR) is 36.7 cm³/mol. The molecule has 1 heteroatoms. The molecule has 1 aliphatic rings. The summed E-state index contributed by atoms with van der Waals surface area (Å²) in [5.41, 5.74) is 1.27. The standard InChI is InChI=1S/C8H11F/c1-6-3-4-8(9)7(2)5-6/h3-4,7H,5H2,1-2H3. The van der Waals surface area contributed by atoms with Gasteiger partial charge in [-0.3, -0.25) is 0 Å². The molecule has 0 saturated carbocycles. The Morgan fingerprint density at radius 2 is 2.22 bits per heavy atom. The quantitative estimate of drug-likeness (QED) is 0.468. The molecule has 9 heavy (non-hydrogen) atoms. The number of hydrogen-bond donors (Lipinski definition) is 0. The molecule has 0 aliphatic heterocycles. The SMILES string of the molecule is CC1=CC=C(F)C(C)C1. The Morgan fingerprint density at radius 3 is 2.67 bits per heavy atom. The number of rotatable bonds is 0. The molecule has 0 radical (unpaired) electrons. The highest BCUT2D eigenvalue weighted by Crippen LogP contribution is 2.24. The average Bonchev–Trinajstić information content (AvgIpc) is 1.80. The van der Waals surface area contributed by atoms with Crippen molar-refractivity contribution < 1.29 is 4.39 Å². The Balaban J connectivity index is 2.74. The van der Waals surface area contributed by atoms with Crippen molar-refractivity contribution in [3.63, 3.8) is 0 Å². The maximum atomic E-state index is 12.6. The first kappa shape index (κ1) is 6.53. The largest absolute Gasteiger partial charge is 0.212 e. The summed E-state index contributed by atoms with van der Waals surface area (Å²) in [4.78, 5) is 0. The third kappa shape index (κ3) is 1.41. The van der Waals surface area contributed by atoms with Crippen LogP contribution in [0.5, 0.6) is 0 Å². The van der Waals surface area contributed by atoms with Crippen LogP contribution >= 0.6 is 0 Å². The summed E-state index contributed by atoms with van der Waals surface area (Å²) in [6, 6.07) is 0. The van der Waals surface area contributed by atoms with Crippen LogP contribution in [0.1, 0.15) is 20.3 Å². The molecule has 1 unspecified atom stereocenters. The van der Waals surface area contributed by atoms with E-state index in [-0.39, 0.29) is 11.7 Å². The Bertz CT molecular complexity index is 165. The van der Waals surface area contributed by atoms with Crippen LogP contribution in [0, 0.1) is 5.92 Å². The van der Waals surface area contributed by atoms with Crippen LogP contribution in [0.25, 0.3) is 0 Å². The fraction of sp³-hybridized carbons (Fsp3) is 0.500. The van der Waals surface area contributed by atoms with E-state index in [9.17, 15) is 4.39 Å². The molecule has 0 aromatic heterocycles. The van der Waals surface area contributed by atoms with Crippen molar-refractivity contribution in [2.24, 2.45) is 5.92 Å². The lowest BCUT2D eigenvalue weighted by molar-refractivity contribution is 0.483. The summed E-state index contributed by atoms with van der Waals surface area (Å²) in [6.07, 6.45) is 4.28. The predicted octanol–water partition coefficient (Wildman–Crippen LogP) is 2.83. The van der Waals surface area contributed by atoms with Gasteiger partial charge >= 0.3 is 0 Å². The van der Waals surface area contributed by atoms with Crippen LogP contribution < -0.4 is 0 Å². The van der Waals surface area contributed by atoms with Gasteiger partial charge in [-0.05, 0) is 19.4 Å². The molecule has 0 aromatic carbocycles. The molecule has 0 heterocycles. The molecule has 0 spiro atoms. The Hall–Kier alpha value is -0.590. The zero-order chi connectivity index (χ0) is 6.85. The van der Waals surface area contributed by atoms with Gasteiger partial charge in [0.05, 0.1) is 0 Å². The molecule has 1 atom stereocenters. The zero-order valence-corrected chi connectivity index (χ0v) is 5.82. The molecule has 0 amide bonds. The highest BCUT2D eigenvalue weighted by molar-refractivity contribution is 5.20. The van der Waals surface area contributed by atoms with Gasteiger partial charge in [0.15, 0.2) is 0 Å². The molecule has 0 bridgehead atoms. The van der Waals surface area contributed by atoms with Gasteiger partial charge in [-0.15, -0.1) is 0 Å². The second-order valence-electron chi connectivity index (χ2n) is 2.67. The maximum Gasteiger partial charge on any atom is 0.103 e. The molecule has 0 aromatic rings. The van der Waals surface area contributed by atoms with Crippen molar-refractivity contribution in [1.29, 1.82) is 0 Å². The lowest BCUT2D eigenvalue weighted by Crippen LogP contribution is -1.99. The van der Waals surface area contributed by atoms with E-state index < -0.39 is 0 Å². The highest BCUT2D eigenvalue weighted by Gasteiger charge is 2.11. The first-order valence-electron chi connectivity index (χ1n) is 3.23. The van der Waals surface area contributed by atoms with Crippen molar-refractivity contribution in [3.8, 4) is 0 Å². The number of halogens is 1. The van der Waals surface area contributed by atoms with E-state index in [1.807, 2.05) is 19.9 Å². The molecule has 1 aliphatic carbocycles. The van der Waals surface area contributed by atoms with Gasteiger partial charge in [-0.25, -0.2) is 4.39 Å². The number of allylic oxidation sites excluding steroid dienone is 4. The van der Waals surface area contributed by atoms with Crippen LogP contribution in [0.2, 0.25) is 0 Å². The fourth-order valence-electron chi connectivity index (χ4n) is 1.03. The summed E-state index contributed by atoms with van der Waals surface area (Å²) < 4.78 is 12.6. The minimum absolute atomic E-state index is 0.0144. The lowest BCUT2D eigenvalue weighted by atomic mass is 9.96. The average molecular weight is 126 g/mol. The van der Waals surface area contributed by atoms with E-state index in [0.717, 1.165) is 6.42 Å². The molecule has 1 rings (SSSR count). The molecular formula is C8H11F. The maximum absolute atomic E-state index is 12.6. The van der Waals surface area contributed by atoms with E-state index in [0.29, 0.717) is 0 Å². The molecule has 0 nitrogen and oxygen atoms in total. The zero-order valence-electron chi connectivity index (χ0n) is 5.82. The minimum atomic E-state index is 0.0144. The molecule has 50 valence electrons.